The van der Waals surface area contributed by atoms with Crippen molar-refractivity contribution >= 4 is 36.3 Å². The first-order chi connectivity index (χ1) is 18.2. The van der Waals surface area contributed by atoms with Crippen LogP contribution < -0.4 is 0 Å². The third-order valence-electron chi connectivity index (χ3n) is 6.96. The summed E-state index contributed by atoms with van der Waals surface area (Å²) in [5, 5.41) is 0. The summed E-state index contributed by atoms with van der Waals surface area (Å²) in [6.07, 6.45) is 1.63. The second-order valence-corrected chi connectivity index (χ2v) is 9.09. The first-order valence-electron chi connectivity index (χ1n) is 12.6. The highest BCUT2D eigenvalue weighted by Crippen LogP contribution is 2.46. The summed E-state index contributed by atoms with van der Waals surface area (Å²) in [5.74, 6) is -1.33. The van der Waals surface area contributed by atoms with Crippen LogP contribution in [0.3, 0.4) is 0 Å². The van der Waals surface area contributed by atoms with Gasteiger partial charge in [-0.2, -0.15) is 0 Å². The predicted molar refractivity (Wildman–Crippen MR) is 143 cm³/mol. The number of allylic oxidation sites excluding steroid dienone is 1. The second-order valence-electron chi connectivity index (χ2n) is 9.09. The highest BCUT2D eigenvalue weighted by molar-refractivity contribution is 6.59. The van der Waals surface area contributed by atoms with Crippen LogP contribution in [-0.4, -0.2) is 46.8 Å². The van der Waals surface area contributed by atoms with E-state index in [-0.39, 0.29) is 47.1 Å². The van der Waals surface area contributed by atoms with Gasteiger partial charge < -0.3 is 27.1 Å². The van der Waals surface area contributed by atoms with Gasteiger partial charge in [0.1, 0.15) is 11.3 Å². The van der Waals surface area contributed by atoms with Gasteiger partial charge in [-0.05, 0) is 37.6 Å². The number of nitrogens with zero attached hydrogens (tertiary/aromatic N) is 2. The Hall–Kier alpha value is -4.27. The average molecular weight is 516 g/mol. The lowest BCUT2D eigenvalue weighted by Crippen LogP contribution is -2.50. The number of hydrogen-bond acceptors (Lipinski definition) is 4. The van der Waals surface area contributed by atoms with Gasteiger partial charge >= 0.3 is 18.9 Å². The quantitative estimate of drug-likeness (QED) is 0.311. The van der Waals surface area contributed by atoms with Crippen molar-refractivity contribution in [1.29, 1.82) is 0 Å². The lowest BCUT2D eigenvalue weighted by atomic mass is 9.87. The molecule has 0 radical (unpaired) electrons. The van der Waals surface area contributed by atoms with Crippen molar-refractivity contribution in [3.63, 3.8) is 0 Å². The Labute approximate surface area is 219 Å². The molecule has 2 aromatic carbocycles. The number of aromatic nitrogens is 1. The van der Waals surface area contributed by atoms with Gasteiger partial charge in [-0.15, -0.1) is 0 Å². The van der Waals surface area contributed by atoms with Gasteiger partial charge in [0, 0.05) is 24.3 Å². The van der Waals surface area contributed by atoms with Gasteiger partial charge in [-0.3, -0.25) is 0 Å². The number of fused-ring (bicyclic) bond motifs is 2. The first-order valence-corrected chi connectivity index (χ1v) is 12.6. The fourth-order valence-electron chi connectivity index (χ4n) is 5.49. The Morgan fingerprint density at radius 1 is 0.868 bits per heavy atom. The molecule has 9 heteroatoms. The summed E-state index contributed by atoms with van der Waals surface area (Å²) in [5.41, 5.74) is 2.70. The average Bonchev–Trinajstić information content (AvgIpc) is 3.37. The van der Waals surface area contributed by atoms with E-state index in [0.29, 0.717) is 22.3 Å². The van der Waals surface area contributed by atoms with E-state index in [1.165, 1.54) is 13.8 Å². The van der Waals surface area contributed by atoms with Crippen LogP contribution in [0.4, 0.5) is 8.63 Å². The van der Waals surface area contributed by atoms with Crippen molar-refractivity contribution in [1.82, 2.24) is 4.48 Å². The molecule has 194 valence electrons. The van der Waals surface area contributed by atoms with E-state index < -0.39 is 18.9 Å². The molecule has 1 aromatic heterocycles. The number of halogens is 2. The normalized spacial score (nSPS) is 15.7. The van der Waals surface area contributed by atoms with Gasteiger partial charge in [-0.25, -0.2) is 9.59 Å². The van der Waals surface area contributed by atoms with Crippen LogP contribution in [0.5, 0.6) is 0 Å². The lowest BCUT2D eigenvalue weighted by molar-refractivity contribution is -0.359. The zero-order valence-corrected chi connectivity index (χ0v) is 21.6. The number of carbonyl (C=O) groups excluding carboxylic acids is 2. The SMILES string of the molecule is CCOC(=O)C1=C(c2ccccc2)C2=Cc3c(-c4ccccc4)c(C(=O)OCC)c(C)n3[B-](F)(F)[N+]2=C1C. The van der Waals surface area contributed by atoms with E-state index in [0.717, 1.165) is 8.96 Å². The summed E-state index contributed by atoms with van der Waals surface area (Å²) < 4.78 is 45.8. The Balaban J connectivity index is 1.89. The fourth-order valence-corrected chi connectivity index (χ4v) is 5.49. The number of ether oxygens (including phenoxy) is 2. The zero-order valence-electron chi connectivity index (χ0n) is 21.6. The number of esters is 2. The van der Waals surface area contributed by atoms with E-state index >= 15 is 8.63 Å². The Morgan fingerprint density at radius 2 is 1.42 bits per heavy atom. The van der Waals surface area contributed by atoms with Crippen molar-refractivity contribution in [2.45, 2.75) is 27.7 Å². The maximum atomic E-state index is 16.7. The smallest absolute Gasteiger partial charge is 0.462 e. The minimum absolute atomic E-state index is 0.0937. The molecule has 0 N–H and O–H groups in total. The molecule has 0 atom stereocenters. The van der Waals surface area contributed by atoms with E-state index in [4.69, 9.17) is 9.47 Å². The molecule has 0 amide bonds. The molecular formula is C29H27BF2N2O4. The summed E-state index contributed by atoms with van der Waals surface area (Å²) in [6.45, 7) is 2.06. The third kappa shape index (κ3) is 3.72. The van der Waals surface area contributed by atoms with E-state index in [1.807, 2.05) is 12.1 Å². The van der Waals surface area contributed by atoms with Crippen LogP contribution in [0.15, 0.2) is 71.9 Å². The minimum atomic E-state index is -4.51. The van der Waals surface area contributed by atoms with Crippen molar-refractivity contribution in [3.05, 3.63) is 94.4 Å². The van der Waals surface area contributed by atoms with Crippen LogP contribution in [0.1, 0.15) is 48.1 Å². The highest BCUT2D eigenvalue weighted by atomic mass is 19.2. The highest BCUT2D eigenvalue weighted by Gasteiger charge is 2.57. The van der Waals surface area contributed by atoms with Crippen molar-refractivity contribution in [3.8, 4) is 11.1 Å². The van der Waals surface area contributed by atoms with Crippen molar-refractivity contribution in [2.75, 3.05) is 13.2 Å². The van der Waals surface area contributed by atoms with Crippen LogP contribution in [-0.2, 0) is 14.3 Å². The van der Waals surface area contributed by atoms with Gasteiger partial charge in [0.25, 0.3) is 0 Å². The predicted octanol–water partition coefficient (Wildman–Crippen LogP) is 5.72. The molecule has 2 aliphatic rings. The Morgan fingerprint density at radius 3 is 2.00 bits per heavy atom. The molecule has 38 heavy (non-hydrogen) atoms. The maximum absolute atomic E-state index is 16.7. The third-order valence-corrected chi connectivity index (χ3v) is 6.96. The van der Waals surface area contributed by atoms with Crippen LogP contribution in [0.25, 0.3) is 22.8 Å². The van der Waals surface area contributed by atoms with E-state index in [2.05, 4.69) is 0 Å². The van der Waals surface area contributed by atoms with Crippen LogP contribution in [0, 0.1) is 6.92 Å². The molecule has 5 rings (SSSR count). The Bertz CT molecular complexity index is 1550. The molecule has 2 aliphatic heterocycles. The molecule has 0 saturated carbocycles. The molecule has 0 bridgehead atoms. The Kier molecular flexibility index (Phi) is 6.38. The molecule has 3 aromatic rings. The molecule has 0 saturated heterocycles. The maximum Gasteiger partial charge on any atom is 0.737 e. The van der Waals surface area contributed by atoms with E-state index in [1.54, 1.807) is 68.5 Å². The van der Waals surface area contributed by atoms with Crippen molar-refractivity contribution in [2.24, 2.45) is 0 Å². The molecule has 0 aliphatic carbocycles. The lowest BCUT2D eigenvalue weighted by Gasteiger charge is -2.31. The topological polar surface area (TPSA) is 60.5 Å². The summed E-state index contributed by atoms with van der Waals surface area (Å²) in [4.78, 5) is 26.2. The van der Waals surface area contributed by atoms with Gasteiger partial charge in [0.15, 0.2) is 5.70 Å². The molecule has 6 nitrogen and oxygen atoms in total. The van der Waals surface area contributed by atoms with Gasteiger partial charge in [0.05, 0.1) is 24.4 Å². The van der Waals surface area contributed by atoms with Crippen LogP contribution in [0.2, 0.25) is 0 Å². The molecule has 0 fully saturated rings. The molecule has 3 heterocycles. The van der Waals surface area contributed by atoms with Gasteiger partial charge in [0.2, 0.25) is 0 Å². The monoisotopic (exact) mass is 516 g/mol. The second kappa shape index (κ2) is 9.56. The van der Waals surface area contributed by atoms with Crippen molar-refractivity contribution < 1.29 is 32.2 Å². The van der Waals surface area contributed by atoms with Crippen LogP contribution >= 0.6 is 0 Å². The largest absolute Gasteiger partial charge is 0.737 e. The van der Waals surface area contributed by atoms with E-state index in [9.17, 15) is 9.59 Å². The number of hydrogen-bond donors (Lipinski definition) is 0. The fraction of sp³-hybridized carbons (Fsp3) is 0.207. The summed E-state index contributed by atoms with van der Waals surface area (Å²) in [6, 6.07) is 17.9. The minimum Gasteiger partial charge on any atom is -0.462 e. The first kappa shape index (κ1) is 25.4. The number of rotatable bonds is 6. The van der Waals surface area contributed by atoms with Gasteiger partial charge in [-0.1, -0.05) is 60.7 Å². The standard InChI is InChI=1S/C29H27BF2N2O4/c1-5-37-28(35)24-18(3)33-22(26(24)20-13-9-7-10-14-20)17-23-27(21-15-11-8-12-16-21)25(29(36)38-6-2)19(4)34(23)30(33,31)32/h7-17H,5-6H2,1-4H3. The summed E-state index contributed by atoms with van der Waals surface area (Å²) >= 11 is 0. The zero-order chi connectivity index (χ0) is 27.2. The molecule has 0 spiro atoms. The summed E-state index contributed by atoms with van der Waals surface area (Å²) in [7, 11) is 0. The molecular weight excluding hydrogens is 489 g/mol. The molecule has 0 unspecified atom stereocenters. The number of benzene rings is 2. The number of carbonyl (C=O) groups is 2.